The van der Waals surface area contributed by atoms with Crippen LogP contribution >= 0.6 is 0 Å². The van der Waals surface area contributed by atoms with Gasteiger partial charge >= 0.3 is 6.03 Å². The van der Waals surface area contributed by atoms with E-state index in [4.69, 9.17) is 0 Å². The topological polar surface area (TPSA) is 78.5 Å². The third-order valence-electron chi connectivity index (χ3n) is 7.08. The van der Waals surface area contributed by atoms with Crippen LogP contribution in [0.15, 0.2) is 60.3 Å². The zero-order valence-electron chi connectivity index (χ0n) is 18.8. The van der Waals surface area contributed by atoms with Gasteiger partial charge in [-0.25, -0.2) is 26.7 Å². The number of nitrogens with zero attached hydrogens (tertiary/aromatic N) is 1. The van der Waals surface area contributed by atoms with Gasteiger partial charge in [-0.1, -0.05) is 48.5 Å². The molecule has 6 nitrogen and oxygen atoms in total. The Bertz CT molecular complexity index is 1250. The second-order valence-electron chi connectivity index (χ2n) is 9.62. The standard InChI is InChI=1S/C25H27F2N3O3S/c1-34(32,33)29-23-21(12-17-8-5-9-20(22(17)27)16-6-3-2-4-7-16)30(15-25(23)10-11-25)24(31)28-19-13-18(26)14-19/h2-9,13,18,21,23,29H,10-12,14-15H2,1H3,(H,28,31)/t18?,21-,23+/m0/s1. The summed E-state index contributed by atoms with van der Waals surface area (Å²) in [6, 6.07) is 12.8. The maximum absolute atomic E-state index is 15.6. The first-order valence-electron chi connectivity index (χ1n) is 11.4. The SMILES string of the molecule is CS(=O)(=O)N[C@@H]1[C@H](Cc2cccc(-c3ccccc3)c2F)N(C(=O)NC2=CC(F)C2)CC12CC2. The van der Waals surface area contributed by atoms with Crippen molar-refractivity contribution in [3.8, 4) is 11.1 Å². The molecule has 5 rings (SSSR count). The third kappa shape index (κ3) is 4.46. The summed E-state index contributed by atoms with van der Waals surface area (Å²) in [4.78, 5) is 14.7. The molecule has 0 radical (unpaired) electrons. The predicted octanol–water partition coefficient (Wildman–Crippen LogP) is 3.75. The van der Waals surface area contributed by atoms with E-state index in [0.29, 0.717) is 23.4 Å². The van der Waals surface area contributed by atoms with Gasteiger partial charge in [0, 0.05) is 35.7 Å². The molecule has 0 aromatic heterocycles. The van der Waals surface area contributed by atoms with E-state index in [1.54, 1.807) is 23.1 Å². The van der Waals surface area contributed by atoms with E-state index in [-0.39, 0.29) is 24.1 Å². The number of sulfonamides is 1. The van der Waals surface area contributed by atoms with Gasteiger partial charge in [-0.2, -0.15) is 0 Å². The predicted molar refractivity (Wildman–Crippen MR) is 126 cm³/mol. The van der Waals surface area contributed by atoms with Gasteiger partial charge in [-0.15, -0.1) is 0 Å². The van der Waals surface area contributed by atoms with Crippen molar-refractivity contribution in [2.75, 3.05) is 12.8 Å². The van der Waals surface area contributed by atoms with Crippen molar-refractivity contribution in [3.05, 3.63) is 71.7 Å². The van der Waals surface area contributed by atoms with Crippen LogP contribution in [0.4, 0.5) is 13.6 Å². The number of urea groups is 1. The van der Waals surface area contributed by atoms with Crippen LogP contribution in [0, 0.1) is 11.2 Å². The number of carbonyl (C=O) groups is 1. The Kier molecular flexibility index (Phi) is 5.72. The molecule has 3 atom stereocenters. The summed E-state index contributed by atoms with van der Waals surface area (Å²) in [5.74, 6) is -0.383. The summed E-state index contributed by atoms with van der Waals surface area (Å²) < 4.78 is 56.0. The first-order valence-corrected chi connectivity index (χ1v) is 13.3. The largest absolute Gasteiger partial charge is 0.321 e. The van der Waals surface area contributed by atoms with E-state index in [9.17, 15) is 17.6 Å². The van der Waals surface area contributed by atoms with Gasteiger partial charge in [0.1, 0.15) is 12.0 Å². The summed E-state index contributed by atoms with van der Waals surface area (Å²) in [5.41, 5.74) is 1.75. The molecule has 1 unspecified atom stereocenters. The number of carbonyl (C=O) groups excluding carboxylic acids is 1. The molecule has 3 aliphatic rings. The minimum atomic E-state index is -3.56. The number of nitrogens with one attached hydrogen (secondary N) is 2. The quantitative estimate of drug-likeness (QED) is 0.652. The lowest BCUT2D eigenvalue weighted by molar-refractivity contribution is 0.189. The summed E-state index contributed by atoms with van der Waals surface area (Å²) in [7, 11) is -3.56. The lowest BCUT2D eigenvalue weighted by atomic mass is 9.91. The molecule has 1 spiro atoms. The van der Waals surface area contributed by atoms with Gasteiger partial charge in [-0.3, -0.25) is 0 Å². The highest BCUT2D eigenvalue weighted by molar-refractivity contribution is 7.88. The Morgan fingerprint density at radius 3 is 2.47 bits per heavy atom. The molecule has 2 aromatic rings. The van der Waals surface area contributed by atoms with E-state index in [2.05, 4.69) is 10.0 Å². The van der Waals surface area contributed by atoms with Crippen molar-refractivity contribution in [2.45, 2.75) is 43.9 Å². The molecule has 2 N–H and O–H groups in total. The average molecular weight is 488 g/mol. The number of allylic oxidation sites excluding steroid dienone is 2. The lowest BCUT2D eigenvalue weighted by Gasteiger charge is -2.30. The van der Waals surface area contributed by atoms with Crippen LogP contribution in [0.5, 0.6) is 0 Å². The Labute approximate surface area is 198 Å². The van der Waals surface area contributed by atoms with Crippen LogP contribution in [-0.2, 0) is 16.4 Å². The Morgan fingerprint density at radius 2 is 1.85 bits per heavy atom. The van der Waals surface area contributed by atoms with Gasteiger partial charge in [0.15, 0.2) is 0 Å². The minimum absolute atomic E-state index is 0.147. The molecule has 1 aliphatic heterocycles. The van der Waals surface area contributed by atoms with Gasteiger partial charge < -0.3 is 10.2 Å². The van der Waals surface area contributed by atoms with Crippen LogP contribution in [0.2, 0.25) is 0 Å². The van der Waals surface area contributed by atoms with Crippen molar-refractivity contribution >= 4 is 16.1 Å². The first kappa shape index (κ1) is 23.0. The molecule has 180 valence electrons. The summed E-state index contributed by atoms with van der Waals surface area (Å²) >= 11 is 0. The maximum Gasteiger partial charge on any atom is 0.321 e. The summed E-state index contributed by atoms with van der Waals surface area (Å²) in [6.45, 7) is 0.364. The van der Waals surface area contributed by atoms with Crippen molar-refractivity contribution in [3.63, 3.8) is 0 Å². The average Bonchev–Trinajstić information content (AvgIpc) is 3.49. The van der Waals surface area contributed by atoms with Crippen molar-refractivity contribution < 1.29 is 22.0 Å². The van der Waals surface area contributed by atoms with E-state index in [1.807, 2.05) is 30.3 Å². The Balaban J connectivity index is 1.48. The Morgan fingerprint density at radius 1 is 1.15 bits per heavy atom. The second-order valence-corrected chi connectivity index (χ2v) is 11.4. The number of rotatable bonds is 6. The number of halogens is 2. The zero-order chi connectivity index (χ0) is 24.1. The highest BCUT2D eigenvalue weighted by Crippen LogP contribution is 2.55. The molecule has 34 heavy (non-hydrogen) atoms. The molecule has 2 amide bonds. The number of alkyl halides is 1. The van der Waals surface area contributed by atoms with Gasteiger partial charge in [0.2, 0.25) is 10.0 Å². The van der Waals surface area contributed by atoms with E-state index in [0.717, 1.165) is 24.7 Å². The van der Waals surface area contributed by atoms with Crippen LogP contribution in [-0.4, -0.2) is 50.4 Å². The van der Waals surface area contributed by atoms with Crippen LogP contribution < -0.4 is 10.0 Å². The number of benzene rings is 2. The minimum Gasteiger partial charge on any atom is -0.319 e. The number of hydrogen-bond donors (Lipinski definition) is 2. The number of hydrogen-bond acceptors (Lipinski definition) is 3. The molecule has 9 heteroatoms. The number of amides is 2. The second kappa shape index (κ2) is 8.46. The fourth-order valence-electron chi connectivity index (χ4n) is 5.16. The highest BCUT2D eigenvalue weighted by atomic mass is 32.2. The first-order chi connectivity index (χ1) is 16.2. The molecular formula is C25H27F2N3O3S. The highest BCUT2D eigenvalue weighted by Gasteiger charge is 2.61. The van der Waals surface area contributed by atoms with E-state index < -0.39 is 34.3 Å². The molecule has 0 bridgehead atoms. The molecule has 2 fully saturated rings. The van der Waals surface area contributed by atoms with Crippen molar-refractivity contribution in [1.29, 1.82) is 0 Å². The molecule has 2 aliphatic carbocycles. The molecule has 1 saturated heterocycles. The third-order valence-corrected chi connectivity index (χ3v) is 7.76. The molecular weight excluding hydrogens is 460 g/mol. The molecule has 1 heterocycles. The van der Waals surface area contributed by atoms with Crippen LogP contribution in [0.1, 0.15) is 24.8 Å². The van der Waals surface area contributed by atoms with Gasteiger partial charge in [0.05, 0.1) is 12.3 Å². The maximum atomic E-state index is 15.6. The van der Waals surface area contributed by atoms with Crippen molar-refractivity contribution in [2.24, 2.45) is 5.41 Å². The van der Waals surface area contributed by atoms with E-state index in [1.165, 1.54) is 6.08 Å². The molecule has 1 saturated carbocycles. The summed E-state index contributed by atoms with van der Waals surface area (Å²) in [6.07, 6.45) is 3.25. The summed E-state index contributed by atoms with van der Waals surface area (Å²) in [5, 5.41) is 2.74. The van der Waals surface area contributed by atoms with Gasteiger partial charge in [0.25, 0.3) is 0 Å². The number of likely N-dealkylation sites (tertiary alicyclic amines) is 1. The zero-order valence-corrected chi connectivity index (χ0v) is 19.6. The fraction of sp³-hybridized carbons (Fsp3) is 0.400. The molecule has 2 aromatic carbocycles. The van der Waals surface area contributed by atoms with Crippen molar-refractivity contribution in [1.82, 2.24) is 14.9 Å². The van der Waals surface area contributed by atoms with Gasteiger partial charge in [-0.05, 0) is 36.5 Å². The monoisotopic (exact) mass is 487 g/mol. The van der Waals surface area contributed by atoms with Crippen LogP contribution in [0.3, 0.4) is 0 Å². The fourth-order valence-corrected chi connectivity index (χ4v) is 6.03. The van der Waals surface area contributed by atoms with E-state index >= 15 is 4.39 Å². The lowest BCUT2D eigenvalue weighted by Crippen LogP contribution is -2.51. The Hall–Kier alpha value is -2.78. The normalized spacial score (nSPS) is 25.1. The smallest absolute Gasteiger partial charge is 0.319 e. The van der Waals surface area contributed by atoms with Crippen LogP contribution in [0.25, 0.3) is 11.1 Å².